The first-order chi connectivity index (χ1) is 21.5. The predicted molar refractivity (Wildman–Crippen MR) is 162 cm³/mol. The fraction of sp³-hybridized carbons (Fsp3) is 0.548. The molecule has 1 aromatic heterocycles. The number of carboxylic acids is 1. The molecule has 2 heterocycles. The Bertz CT molecular complexity index is 1380. The second-order valence-corrected chi connectivity index (χ2v) is 11.5. The lowest BCUT2D eigenvalue weighted by molar-refractivity contribution is -0.156. The highest BCUT2D eigenvalue weighted by atomic mass is 16.6. The van der Waals surface area contributed by atoms with Gasteiger partial charge in [-0.2, -0.15) is 5.10 Å². The number of aliphatic carboxylic acids is 1. The minimum absolute atomic E-state index is 0.0349. The molecule has 4 amide bonds. The summed E-state index contributed by atoms with van der Waals surface area (Å²) in [5.74, 6) is -2.22. The van der Waals surface area contributed by atoms with Crippen LogP contribution in [0.25, 0.3) is 5.69 Å². The number of carbonyl (C=O) groups excluding carboxylic acids is 4. The van der Waals surface area contributed by atoms with Crippen molar-refractivity contribution in [2.45, 2.75) is 70.6 Å². The first-order valence-electron chi connectivity index (χ1n) is 15.3. The summed E-state index contributed by atoms with van der Waals surface area (Å²) in [6, 6.07) is 9.26. The molecule has 1 aliphatic heterocycles. The molecular formula is C31H42N6O8. The van der Waals surface area contributed by atoms with E-state index in [4.69, 9.17) is 9.47 Å². The third kappa shape index (κ3) is 7.73. The van der Waals surface area contributed by atoms with Gasteiger partial charge in [-0.25, -0.2) is 9.48 Å². The van der Waals surface area contributed by atoms with Gasteiger partial charge in [0.15, 0.2) is 11.3 Å². The number of ether oxygens (including phenoxy) is 2. The number of rotatable bonds is 12. The number of aromatic nitrogens is 2. The van der Waals surface area contributed by atoms with Crippen molar-refractivity contribution in [1.29, 1.82) is 0 Å². The van der Waals surface area contributed by atoms with Crippen LogP contribution in [0.4, 0.5) is 4.79 Å². The van der Waals surface area contributed by atoms with Crippen LogP contribution in [0.3, 0.4) is 0 Å². The molecule has 0 spiro atoms. The zero-order valence-electron chi connectivity index (χ0n) is 26.2. The summed E-state index contributed by atoms with van der Waals surface area (Å²) < 4.78 is 12.9. The molecule has 1 aliphatic carbocycles. The van der Waals surface area contributed by atoms with Crippen LogP contribution in [0.5, 0.6) is 5.88 Å². The van der Waals surface area contributed by atoms with E-state index in [0.29, 0.717) is 18.5 Å². The molecule has 2 aromatic rings. The highest BCUT2D eigenvalue weighted by Crippen LogP contribution is 2.39. The molecule has 2 aliphatic rings. The van der Waals surface area contributed by atoms with Gasteiger partial charge in [-0.05, 0) is 58.6 Å². The molecule has 1 unspecified atom stereocenters. The fourth-order valence-electron chi connectivity index (χ4n) is 5.22. The van der Waals surface area contributed by atoms with Crippen LogP contribution in [0.2, 0.25) is 0 Å². The van der Waals surface area contributed by atoms with Gasteiger partial charge in [0.1, 0.15) is 6.04 Å². The third-order valence-corrected chi connectivity index (χ3v) is 8.22. The van der Waals surface area contributed by atoms with Gasteiger partial charge in [0, 0.05) is 51.8 Å². The topological polar surface area (TPSA) is 164 Å². The van der Waals surface area contributed by atoms with Crippen LogP contribution < -0.4 is 10.1 Å². The molecule has 1 atom stereocenters. The maximum absolute atomic E-state index is 13.6. The Kier molecular flexibility index (Phi) is 10.7. The molecule has 2 fully saturated rings. The van der Waals surface area contributed by atoms with Crippen molar-refractivity contribution in [3.63, 3.8) is 0 Å². The molecule has 0 bridgehead atoms. The van der Waals surface area contributed by atoms with Crippen LogP contribution in [-0.2, 0) is 19.1 Å². The maximum atomic E-state index is 13.6. The SMILES string of the molecule is CCOC(=O)N1CCN(C(=O)C(CCC(=O)O)NC(=O)c2cc(OC3(C(=O)N(C)C(C)C)CCC3)n(-c3ccccc3)n2)CC1. The molecule has 14 heteroatoms. The van der Waals surface area contributed by atoms with Crippen molar-refractivity contribution >= 4 is 29.8 Å². The molecular weight excluding hydrogens is 584 g/mol. The van der Waals surface area contributed by atoms with E-state index in [2.05, 4.69) is 10.4 Å². The van der Waals surface area contributed by atoms with E-state index in [9.17, 15) is 29.1 Å². The molecule has 1 aromatic carbocycles. The fourth-order valence-corrected chi connectivity index (χ4v) is 5.22. The molecule has 1 saturated carbocycles. The molecule has 14 nitrogen and oxygen atoms in total. The van der Waals surface area contributed by atoms with Crippen LogP contribution in [0.1, 0.15) is 63.4 Å². The number of para-hydroxylation sites is 1. The van der Waals surface area contributed by atoms with E-state index < -0.39 is 35.5 Å². The van der Waals surface area contributed by atoms with Gasteiger partial charge < -0.3 is 34.6 Å². The number of amides is 4. The smallest absolute Gasteiger partial charge is 0.409 e. The number of benzene rings is 1. The number of hydrogen-bond donors (Lipinski definition) is 2. The van der Waals surface area contributed by atoms with Gasteiger partial charge in [-0.3, -0.25) is 19.2 Å². The predicted octanol–water partition coefficient (Wildman–Crippen LogP) is 2.30. The largest absolute Gasteiger partial charge is 0.481 e. The minimum Gasteiger partial charge on any atom is -0.481 e. The van der Waals surface area contributed by atoms with Gasteiger partial charge in [0.2, 0.25) is 11.8 Å². The van der Waals surface area contributed by atoms with Crippen molar-refractivity contribution in [2.24, 2.45) is 0 Å². The summed E-state index contributed by atoms with van der Waals surface area (Å²) in [5, 5.41) is 16.5. The summed E-state index contributed by atoms with van der Waals surface area (Å²) >= 11 is 0. The van der Waals surface area contributed by atoms with Gasteiger partial charge in [-0.1, -0.05) is 18.2 Å². The third-order valence-electron chi connectivity index (χ3n) is 8.22. The van der Waals surface area contributed by atoms with Gasteiger partial charge >= 0.3 is 12.1 Å². The van der Waals surface area contributed by atoms with Gasteiger partial charge in [0.25, 0.3) is 11.8 Å². The zero-order valence-corrected chi connectivity index (χ0v) is 26.2. The summed E-state index contributed by atoms with van der Waals surface area (Å²) in [7, 11) is 1.73. The minimum atomic E-state index is -1.15. The number of nitrogens with zero attached hydrogens (tertiary/aromatic N) is 5. The molecule has 45 heavy (non-hydrogen) atoms. The van der Waals surface area contributed by atoms with Gasteiger partial charge in [0.05, 0.1) is 12.3 Å². The Morgan fingerprint density at radius 2 is 1.69 bits per heavy atom. The number of likely N-dealkylation sites (N-methyl/N-ethyl adjacent to an activating group) is 1. The second kappa shape index (κ2) is 14.4. The Balaban J connectivity index is 1.56. The first-order valence-corrected chi connectivity index (χ1v) is 15.3. The quantitative estimate of drug-likeness (QED) is 0.360. The number of carboxylic acid groups (broad SMARTS) is 1. The van der Waals surface area contributed by atoms with E-state index >= 15 is 0 Å². The molecule has 0 radical (unpaired) electrons. The van der Waals surface area contributed by atoms with E-state index in [1.54, 1.807) is 43.1 Å². The average molecular weight is 627 g/mol. The van der Waals surface area contributed by atoms with Crippen molar-refractivity contribution in [3.05, 3.63) is 42.1 Å². The Morgan fingerprint density at radius 3 is 2.24 bits per heavy atom. The summed E-state index contributed by atoms with van der Waals surface area (Å²) in [4.78, 5) is 68.6. The molecule has 1 saturated heterocycles. The lowest BCUT2D eigenvalue weighted by atomic mass is 9.78. The zero-order chi connectivity index (χ0) is 32.7. The normalized spacial score (nSPS) is 16.4. The number of carbonyl (C=O) groups is 5. The molecule has 2 N–H and O–H groups in total. The Morgan fingerprint density at radius 1 is 1.04 bits per heavy atom. The number of nitrogens with one attached hydrogen (secondary N) is 1. The van der Waals surface area contributed by atoms with Crippen LogP contribution in [0, 0.1) is 0 Å². The van der Waals surface area contributed by atoms with Crippen molar-refractivity contribution < 1.29 is 38.6 Å². The lowest BCUT2D eigenvalue weighted by Crippen LogP contribution is -2.57. The summed E-state index contributed by atoms with van der Waals surface area (Å²) in [6.07, 6.45) is 0.888. The Labute approximate surface area is 262 Å². The van der Waals surface area contributed by atoms with E-state index in [-0.39, 0.29) is 69.2 Å². The average Bonchev–Trinajstić information content (AvgIpc) is 3.44. The monoisotopic (exact) mass is 626 g/mol. The van der Waals surface area contributed by atoms with E-state index in [1.807, 2.05) is 19.9 Å². The standard InChI is InChI=1S/C31H42N6O8/c1-5-44-30(43)36-18-16-35(17-19-36)28(41)23(12-13-26(38)39)32-27(40)24-20-25(37(33-24)22-10-7-6-8-11-22)45-31(14-9-15-31)29(42)34(4)21(2)3/h6-8,10-11,20-21,23H,5,9,12-19H2,1-4H3,(H,32,40)(H,38,39). The van der Waals surface area contributed by atoms with Crippen molar-refractivity contribution in [1.82, 2.24) is 29.8 Å². The Hall–Kier alpha value is -4.62. The first kappa shape index (κ1) is 33.3. The molecule has 244 valence electrons. The second-order valence-electron chi connectivity index (χ2n) is 11.5. The van der Waals surface area contributed by atoms with Crippen LogP contribution in [-0.4, -0.2) is 117 Å². The van der Waals surface area contributed by atoms with E-state index in [0.717, 1.165) is 6.42 Å². The maximum Gasteiger partial charge on any atom is 0.409 e. The summed E-state index contributed by atoms with van der Waals surface area (Å²) in [6.45, 7) is 6.70. The molecule has 4 rings (SSSR count). The highest BCUT2D eigenvalue weighted by molar-refractivity contribution is 5.96. The van der Waals surface area contributed by atoms with Gasteiger partial charge in [-0.15, -0.1) is 0 Å². The van der Waals surface area contributed by atoms with Crippen LogP contribution >= 0.6 is 0 Å². The van der Waals surface area contributed by atoms with E-state index in [1.165, 1.54) is 20.5 Å². The lowest BCUT2D eigenvalue weighted by Gasteiger charge is -2.43. The highest BCUT2D eigenvalue weighted by Gasteiger charge is 2.49. The number of hydrogen-bond acceptors (Lipinski definition) is 8. The van der Waals surface area contributed by atoms with Crippen molar-refractivity contribution in [2.75, 3.05) is 39.8 Å². The summed E-state index contributed by atoms with van der Waals surface area (Å²) in [5.41, 5.74) is -0.553. The number of piperazine rings is 1. The van der Waals surface area contributed by atoms with Crippen molar-refractivity contribution in [3.8, 4) is 11.6 Å². The van der Waals surface area contributed by atoms with Crippen LogP contribution in [0.15, 0.2) is 36.4 Å².